The zero-order valence-corrected chi connectivity index (χ0v) is 13.1. The van der Waals surface area contributed by atoms with E-state index in [1.165, 1.54) is 6.07 Å². The Kier molecular flexibility index (Phi) is 4.60. The van der Waals surface area contributed by atoms with Crippen molar-refractivity contribution in [2.24, 2.45) is 0 Å². The maximum absolute atomic E-state index is 11.2. The fraction of sp³-hybridized carbons (Fsp3) is 0.312. The second-order valence-corrected chi connectivity index (χ2v) is 5.33. The lowest BCUT2D eigenvalue weighted by Crippen LogP contribution is -2.14. The molecule has 0 aliphatic carbocycles. The summed E-state index contributed by atoms with van der Waals surface area (Å²) < 4.78 is 5.59. The number of rotatable bonds is 5. The molecule has 6 nitrogen and oxygen atoms in total. The van der Waals surface area contributed by atoms with E-state index in [0.29, 0.717) is 11.6 Å². The van der Waals surface area contributed by atoms with Gasteiger partial charge in [0.25, 0.3) is 0 Å². The molecule has 116 valence electrons. The van der Waals surface area contributed by atoms with Gasteiger partial charge in [0.2, 0.25) is 0 Å². The van der Waals surface area contributed by atoms with Crippen LogP contribution in [-0.2, 0) is 0 Å². The van der Waals surface area contributed by atoms with Gasteiger partial charge >= 0.3 is 5.97 Å². The molecule has 0 radical (unpaired) electrons. The Morgan fingerprint density at radius 3 is 2.32 bits per heavy atom. The molecule has 0 bridgehead atoms. The number of carboxylic acids is 1. The topological polar surface area (TPSA) is 75.6 Å². The van der Waals surface area contributed by atoms with E-state index in [0.717, 1.165) is 11.3 Å². The third-order valence-corrected chi connectivity index (χ3v) is 2.87. The minimum Gasteiger partial charge on any atom is -0.491 e. The van der Waals surface area contributed by atoms with Crippen molar-refractivity contribution in [2.75, 3.05) is 19.0 Å². The number of aromatic nitrogens is 2. The molecular weight excluding hydrogens is 282 g/mol. The molecular formula is C16H19N3O3. The zero-order chi connectivity index (χ0) is 16.3. The van der Waals surface area contributed by atoms with E-state index in [-0.39, 0.29) is 11.8 Å². The van der Waals surface area contributed by atoms with Crippen molar-refractivity contribution in [1.29, 1.82) is 0 Å². The Bertz CT molecular complexity index is 667. The highest BCUT2D eigenvalue weighted by Gasteiger charge is 2.13. The SMILES string of the molecule is CC(C)Oc1ccc(-c2nc(C(=O)O)cc(N(C)C)n2)cc1. The number of benzene rings is 1. The van der Waals surface area contributed by atoms with Crippen molar-refractivity contribution in [3.05, 3.63) is 36.0 Å². The average Bonchev–Trinajstić information content (AvgIpc) is 2.46. The van der Waals surface area contributed by atoms with Crippen LogP contribution in [0.15, 0.2) is 30.3 Å². The summed E-state index contributed by atoms with van der Waals surface area (Å²) in [6, 6.07) is 8.72. The Labute approximate surface area is 129 Å². The van der Waals surface area contributed by atoms with Crippen molar-refractivity contribution in [3.63, 3.8) is 0 Å². The first-order valence-corrected chi connectivity index (χ1v) is 6.93. The molecule has 1 aromatic heterocycles. The van der Waals surface area contributed by atoms with E-state index < -0.39 is 5.97 Å². The number of nitrogens with zero attached hydrogens (tertiary/aromatic N) is 3. The van der Waals surface area contributed by atoms with Crippen LogP contribution in [0.2, 0.25) is 0 Å². The first kappa shape index (κ1) is 15.8. The van der Waals surface area contributed by atoms with Gasteiger partial charge in [0.15, 0.2) is 11.5 Å². The van der Waals surface area contributed by atoms with Crippen LogP contribution in [0, 0.1) is 0 Å². The lowest BCUT2D eigenvalue weighted by atomic mass is 10.2. The fourth-order valence-electron chi connectivity index (χ4n) is 1.86. The van der Waals surface area contributed by atoms with Gasteiger partial charge in [0.05, 0.1) is 6.10 Å². The number of ether oxygens (including phenoxy) is 1. The van der Waals surface area contributed by atoms with Gasteiger partial charge in [-0.25, -0.2) is 14.8 Å². The summed E-state index contributed by atoms with van der Waals surface area (Å²) in [5, 5.41) is 9.18. The van der Waals surface area contributed by atoms with Crippen molar-refractivity contribution in [2.45, 2.75) is 20.0 Å². The molecule has 6 heteroatoms. The first-order valence-electron chi connectivity index (χ1n) is 6.93. The molecule has 0 unspecified atom stereocenters. The highest BCUT2D eigenvalue weighted by Crippen LogP contribution is 2.22. The quantitative estimate of drug-likeness (QED) is 0.915. The molecule has 1 N–H and O–H groups in total. The van der Waals surface area contributed by atoms with Crippen molar-refractivity contribution in [1.82, 2.24) is 9.97 Å². The van der Waals surface area contributed by atoms with E-state index in [4.69, 9.17) is 4.74 Å². The van der Waals surface area contributed by atoms with E-state index in [1.807, 2.05) is 38.1 Å². The summed E-state index contributed by atoms with van der Waals surface area (Å²) in [5.74, 6) is 0.595. The van der Waals surface area contributed by atoms with Crippen LogP contribution in [0.3, 0.4) is 0 Å². The number of carboxylic acid groups (broad SMARTS) is 1. The van der Waals surface area contributed by atoms with Crippen LogP contribution >= 0.6 is 0 Å². The molecule has 22 heavy (non-hydrogen) atoms. The minimum atomic E-state index is -1.08. The van der Waals surface area contributed by atoms with Gasteiger partial charge in [0, 0.05) is 25.7 Å². The highest BCUT2D eigenvalue weighted by atomic mass is 16.5. The molecule has 0 aliphatic heterocycles. The van der Waals surface area contributed by atoms with Crippen LogP contribution in [0.25, 0.3) is 11.4 Å². The fourth-order valence-corrected chi connectivity index (χ4v) is 1.86. The Hall–Kier alpha value is -2.63. The van der Waals surface area contributed by atoms with Gasteiger partial charge < -0.3 is 14.7 Å². The first-order chi connectivity index (χ1) is 10.4. The summed E-state index contributed by atoms with van der Waals surface area (Å²) >= 11 is 0. The lowest BCUT2D eigenvalue weighted by molar-refractivity contribution is 0.0690. The molecule has 2 aromatic rings. The standard InChI is InChI=1S/C16H19N3O3/c1-10(2)22-12-7-5-11(6-8-12)15-17-13(16(20)21)9-14(18-15)19(3)4/h5-10H,1-4H3,(H,20,21). The van der Waals surface area contributed by atoms with Crippen LogP contribution in [-0.4, -0.2) is 41.2 Å². The molecule has 1 heterocycles. The predicted molar refractivity (Wildman–Crippen MR) is 84.5 cm³/mol. The van der Waals surface area contributed by atoms with Crippen LogP contribution in [0.5, 0.6) is 5.75 Å². The second kappa shape index (κ2) is 6.43. The van der Waals surface area contributed by atoms with Crippen LogP contribution in [0.1, 0.15) is 24.3 Å². The summed E-state index contributed by atoms with van der Waals surface area (Å²) in [6.45, 7) is 3.91. The largest absolute Gasteiger partial charge is 0.491 e. The molecule has 0 atom stereocenters. The summed E-state index contributed by atoms with van der Waals surface area (Å²) in [4.78, 5) is 21.4. The van der Waals surface area contributed by atoms with Gasteiger partial charge in [0.1, 0.15) is 11.6 Å². The lowest BCUT2D eigenvalue weighted by Gasteiger charge is -2.13. The third kappa shape index (κ3) is 3.72. The van der Waals surface area contributed by atoms with E-state index >= 15 is 0 Å². The minimum absolute atomic E-state index is 0.0313. The normalized spacial score (nSPS) is 10.6. The molecule has 0 amide bonds. The smallest absolute Gasteiger partial charge is 0.354 e. The highest BCUT2D eigenvalue weighted by molar-refractivity contribution is 5.87. The average molecular weight is 301 g/mol. The van der Waals surface area contributed by atoms with Gasteiger partial charge in [-0.1, -0.05) is 0 Å². The summed E-state index contributed by atoms with van der Waals surface area (Å²) in [5.41, 5.74) is 0.707. The maximum Gasteiger partial charge on any atom is 0.354 e. The summed E-state index contributed by atoms with van der Waals surface area (Å²) in [7, 11) is 3.61. The van der Waals surface area contributed by atoms with Crippen LogP contribution in [0.4, 0.5) is 5.82 Å². The Morgan fingerprint density at radius 2 is 1.82 bits per heavy atom. The Balaban J connectivity index is 2.40. The number of carbonyl (C=O) groups is 1. The van der Waals surface area contributed by atoms with E-state index in [2.05, 4.69) is 9.97 Å². The third-order valence-electron chi connectivity index (χ3n) is 2.87. The maximum atomic E-state index is 11.2. The van der Waals surface area contributed by atoms with Crippen molar-refractivity contribution in [3.8, 4) is 17.1 Å². The predicted octanol–water partition coefficient (Wildman–Crippen LogP) is 2.70. The Morgan fingerprint density at radius 1 is 1.18 bits per heavy atom. The van der Waals surface area contributed by atoms with Crippen LogP contribution < -0.4 is 9.64 Å². The van der Waals surface area contributed by atoms with Crippen molar-refractivity contribution < 1.29 is 14.6 Å². The van der Waals surface area contributed by atoms with Gasteiger partial charge in [-0.05, 0) is 38.1 Å². The molecule has 0 saturated heterocycles. The molecule has 0 spiro atoms. The number of anilines is 1. The van der Waals surface area contributed by atoms with Gasteiger partial charge in [-0.15, -0.1) is 0 Å². The summed E-state index contributed by atoms with van der Waals surface area (Å²) in [6.07, 6.45) is 0.0952. The number of hydrogen-bond acceptors (Lipinski definition) is 5. The zero-order valence-electron chi connectivity index (χ0n) is 13.1. The number of aromatic carboxylic acids is 1. The molecule has 0 fully saturated rings. The molecule has 2 rings (SSSR count). The molecule has 0 aliphatic rings. The monoisotopic (exact) mass is 301 g/mol. The van der Waals surface area contributed by atoms with Gasteiger partial charge in [-0.2, -0.15) is 0 Å². The number of hydrogen-bond donors (Lipinski definition) is 1. The van der Waals surface area contributed by atoms with E-state index in [9.17, 15) is 9.90 Å². The second-order valence-electron chi connectivity index (χ2n) is 5.33. The van der Waals surface area contributed by atoms with E-state index in [1.54, 1.807) is 19.0 Å². The van der Waals surface area contributed by atoms with Gasteiger partial charge in [-0.3, -0.25) is 0 Å². The molecule has 0 saturated carbocycles. The molecule has 1 aromatic carbocycles. The van der Waals surface area contributed by atoms with Crippen molar-refractivity contribution >= 4 is 11.8 Å².